The van der Waals surface area contributed by atoms with Crippen LogP contribution in [0.3, 0.4) is 0 Å². The van der Waals surface area contributed by atoms with E-state index < -0.39 is 22.8 Å². The summed E-state index contributed by atoms with van der Waals surface area (Å²) in [6.07, 6.45) is 3.26. The van der Waals surface area contributed by atoms with Crippen molar-refractivity contribution in [3.05, 3.63) is 58.3 Å². The number of aromatic nitrogens is 1. The van der Waals surface area contributed by atoms with Gasteiger partial charge in [-0.15, -0.1) is 0 Å². The highest BCUT2D eigenvalue weighted by Crippen LogP contribution is 2.19. The molecule has 0 N–H and O–H groups in total. The molecule has 1 unspecified atom stereocenters. The molecule has 0 fully saturated rings. The number of amides is 3. The van der Waals surface area contributed by atoms with E-state index in [0.29, 0.717) is 17.0 Å². The number of imide groups is 1. The van der Waals surface area contributed by atoms with Crippen LogP contribution in [0.4, 0.5) is 0 Å². The highest BCUT2D eigenvalue weighted by Gasteiger charge is 2.24. The van der Waals surface area contributed by atoms with Gasteiger partial charge in [0.2, 0.25) is 6.41 Å². The summed E-state index contributed by atoms with van der Waals surface area (Å²) in [5.74, 6) is -1.30. The number of hydrogen-bond acceptors (Lipinski definition) is 4. The third-order valence-electron chi connectivity index (χ3n) is 3.57. The summed E-state index contributed by atoms with van der Waals surface area (Å²) in [5, 5.41) is 0. The fourth-order valence-corrected chi connectivity index (χ4v) is 3.49. The maximum absolute atomic E-state index is 12.9. The van der Waals surface area contributed by atoms with Crippen LogP contribution in [0, 0.1) is 0 Å². The minimum Gasteiger partial charge on any atom is -0.345 e. The molecule has 0 radical (unpaired) electrons. The summed E-state index contributed by atoms with van der Waals surface area (Å²) in [4.78, 5) is 38.4. The fourth-order valence-electron chi connectivity index (χ4n) is 2.15. The first kappa shape index (κ1) is 20.8. The number of nitrogens with zero attached hydrogens (tertiary/aromatic N) is 3. The van der Waals surface area contributed by atoms with Gasteiger partial charge in [0.1, 0.15) is 5.57 Å². The predicted molar refractivity (Wildman–Crippen MR) is 106 cm³/mol. The van der Waals surface area contributed by atoms with E-state index in [0.717, 1.165) is 9.37 Å². The van der Waals surface area contributed by atoms with Crippen molar-refractivity contribution < 1.29 is 18.6 Å². The average Bonchev–Trinajstić information content (AvgIpc) is 3.12. The van der Waals surface area contributed by atoms with Crippen molar-refractivity contribution in [2.24, 2.45) is 0 Å². The van der Waals surface area contributed by atoms with Crippen molar-refractivity contribution in [3.63, 3.8) is 0 Å². The molecular formula is C18H18BrN3O4S. The molecule has 3 amide bonds. The molecule has 9 heteroatoms. The highest BCUT2D eigenvalue weighted by atomic mass is 79.9. The van der Waals surface area contributed by atoms with Crippen LogP contribution >= 0.6 is 15.9 Å². The first-order chi connectivity index (χ1) is 12.8. The first-order valence-corrected chi connectivity index (χ1v) is 9.67. The molecule has 2 aromatic rings. The lowest BCUT2D eigenvalue weighted by Crippen LogP contribution is -2.34. The Morgan fingerprint density at radius 2 is 1.70 bits per heavy atom. The van der Waals surface area contributed by atoms with E-state index in [4.69, 9.17) is 0 Å². The summed E-state index contributed by atoms with van der Waals surface area (Å²) in [5.41, 5.74) is 0.191. The predicted octanol–water partition coefficient (Wildman–Crippen LogP) is 1.91. The minimum atomic E-state index is -1.57. The van der Waals surface area contributed by atoms with Crippen molar-refractivity contribution >= 4 is 51.2 Å². The maximum atomic E-state index is 12.9. The Labute approximate surface area is 168 Å². The van der Waals surface area contributed by atoms with Crippen LogP contribution < -0.4 is 0 Å². The lowest BCUT2D eigenvalue weighted by Gasteiger charge is -2.16. The van der Waals surface area contributed by atoms with Crippen LogP contribution in [-0.4, -0.2) is 57.3 Å². The van der Waals surface area contributed by atoms with Crippen LogP contribution in [0.25, 0.3) is 6.08 Å². The van der Waals surface area contributed by atoms with E-state index in [1.165, 1.54) is 36.1 Å². The minimum absolute atomic E-state index is 0.206. The number of likely N-dealkylation sites (N-methyl/N-ethyl adjacent to an activating group) is 2. The Kier molecular flexibility index (Phi) is 6.86. The number of halogens is 1. The van der Waals surface area contributed by atoms with Crippen LogP contribution in [0.5, 0.6) is 0 Å². The second kappa shape index (κ2) is 8.92. The average molecular weight is 452 g/mol. The van der Waals surface area contributed by atoms with Crippen molar-refractivity contribution in [1.82, 2.24) is 13.8 Å². The van der Waals surface area contributed by atoms with Gasteiger partial charge in [-0.3, -0.25) is 23.3 Å². The topological polar surface area (TPSA) is 79.7 Å². The van der Waals surface area contributed by atoms with E-state index in [-0.39, 0.29) is 5.57 Å². The second-order valence-corrected chi connectivity index (χ2v) is 8.02. The Morgan fingerprint density at radius 1 is 1.07 bits per heavy atom. The standard InChI is InChI=1S/C18H18BrN3O4S/c1-20(2)17(24)16(18(25)21(3)12-23)11-14-5-4-10-22(14)27(26)15-8-6-13(19)7-9-15/h4-12H,1-3H3/b16-11-. The van der Waals surface area contributed by atoms with Gasteiger partial charge in [-0.05, 0) is 42.5 Å². The Bertz CT molecular complexity index is 919. The zero-order chi connectivity index (χ0) is 20.1. The van der Waals surface area contributed by atoms with E-state index in [1.54, 1.807) is 42.6 Å². The quantitative estimate of drug-likeness (QED) is 0.290. The SMILES string of the molecule is CN(C)C(=O)/C(=C/c1cccn1S(=O)c1ccc(Br)cc1)C(=O)N(C)C=O. The van der Waals surface area contributed by atoms with Crippen LogP contribution in [0.15, 0.2) is 57.5 Å². The third kappa shape index (κ3) is 4.81. The summed E-state index contributed by atoms with van der Waals surface area (Å²) >= 11 is 3.33. The molecule has 7 nitrogen and oxygen atoms in total. The van der Waals surface area contributed by atoms with E-state index >= 15 is 0 Å². The van der Waals surface area contributed by atoms with Crippen LogP contribution in [0.2, 0.25) is 0 Å². The lowest BCUT2D eigenvalue weighted by atomic mass is 10.1. The molecule has 1 atom stereocenters. The highest BCUT2D eigenvalue weighted by molar-refractivity contribution is 9.10. The van der Waals surface area contributed by atoms with Gasteiger partial charge in [0.15, 0.2) is 11.0 Å². The summed E-state index contributed by atoms with van der Waals surface area (Å²) in [7, 11) is 2.71. The molecule has 2 rings (SSSR count). The van der Waals surface area contributed by atoms with Gasteiger partial charge in [-0.25, -0.2) is 4.21 Å². The van der Waals surface area contributed by atoms with Gasteiger partial charge in [0.05, 0.1) is 10.6 Å². The van der Waals surface area contributed by atoms with Gasteiger partial charge in [0.25, 0.3) is 11.8 Å². The zero-order valence-electron chi connectivity index (χ0n) is 15.0. The number of hydrogen-bond donors (Lipinski definition) is 0. The molecular weight excluding hydrogens is 434 g/mol. The van der Waals surface area contributed by atoms with E-state index in [9.17, 15) is 18.6 Å². The summed E-state index contributed by atoms with van der Waals surface area (Å²) in [6, 6.07) is 10.3. The molecule has 1 aromatic carbocycles. The van der Waals surface area contributed by atoms with Crippen LogP contribution in [0.1, 0.15) is 5.69 Å². The maximum Gasteiger partial charge on any atom is 0.265 e. The van der Waals surface area contributed by atoms with Gasteiger partial charge >= 0.3 is 0 Å². The molecule has 1 aromatic heterocycles. The third-order valence-corrected chi connectivity index (χ3v) is 5.47. The molecule has 27 heavy (non-hydrogen) atoms. The Hall–Kier alpha value is -2.52. The molecule has 1 heterocycles. The van der Waals surface area contributed by atoms with Crippen molar-refractivity contribution in [2.45, 2.75) is 4.90 Å². The first-order valence-electron chi connectivity index (χ1n) is 7.77. The van der Waals surface area contributed by atoms with Crippen molar-refractivity contribution in [1.29, 1.82) is 0 Å². The number of carbonyl (C=O) groups excluding carboxylic acids is 3. The molecule has 0 saturated carbocycles. The Morgan fingerprint density at radius 3 is 2.26 bits per heavy atom. The number of rotatable bonds is 6. The summed E-state index contributed by atoms with van der Waals surface area (Å²) < 4.78 is 15.2. The molecule has 0 aliphatic heterocycles. The zero-order valence-corrected chi connectivity index (χ0v) is 17.4. The van der Waals surface area contributed by atoms with Gasteiger partial charge in [-0.2, -0.15) is 0 Å². The van der Waals surface area contributed by atoms with Crippen molar-refractivity contribution in [3.8, 4) is 0 Å². The van der Waals surface area contributed by atoms with Gasteiger partial charge in [0, 0.05) is 31.8 Å². The van der Waals surface area contributed by atoms with E-state index in [1.807, 2.05) is 0 Å². The second-order valence-electron chi connectivity index (χ2n) is 5.74. The van der Waals surface area contributed by atoms with Gasteiger partial charge in [-0.1, -0.05) is 15.9 Å². The largest absolute Gasteiger partial charge is 0.345 e. The molecule has 0 aliphatic carbocycles. The fraction of sp³-hybridized carbons (Fsp3) is 0.167. The van der Waals surface area contributed by atoms with Crippen molar-refractivity contribution in [2.75, 3.05) is 21.1 Å². The van der Waals surface area contributed by atoms with E-state index in [2.05, 4.69) is 15.9 Å². The molecule has 0 bridgehead atoms. The van der Waals surface area contributed by atoms with Crippen LogP contribution in [-0.2, 0) is 25.4 Å². The lowest BCUT2D eigenvalue weighted by molar-refractivity contribution is -0.136. The molecule has 0 aliphatic rings. The Balaban J connectivity index is 2.49. The van der Waals surface area contributed by atoms with Gasteiger partial charge < -0.3 is 4.90 Å². The number of carbonyl (C=O) groups is 3. The molecule has 142 valence electrons. The monoisotopic (exact) mass is 451 g/mol. The molecule has 0 spiro atoms. The number of benzene rings is 1. The molecule has 0 saturated heterocycles. The smallest absolute Gasteiger partial charge is 0.265 e. The normalized spacial score (nSPS) is 12.4. The summed E-state index contributed by atoms with van der Waals surface area (Å²) in [6.45, 7) is 0.